The molecule has 2 rings (SSSR count). The van der Waals surface area contributed by atoms with Gasteiger partial charge in [0.1, 0.15) is 5.82 Å². The fraction of sp³-hybridized carbons (Fsp3) is 0.571. The number of aryl methyl sites for hydroxylation is 1. The van der Waals surface area contributed by atoms with Crippen LogP contribution in [0.1, 0.15) is 51.0 Å². The Labute approximate surface area is 126 Å². The first-order chi connectivity index (χ1) is 8.99. The Morgan fingerprint density at radius 3 is 2.45 bits per heavy atom. The van der Waals surface area contributed by atoms with Crippen LogP contribution in [0.3, 0.4) is 0 Å². The molecular formula is C14H24ClN5. The summed E-state index contributed by atoms with van der Waals surface area (Å²) in [6.07, 6.45) is 3.94. The van der Waals surface area contributed by atoms with Crippen LogP contribution >= 0.6 is 12.4 Å². The highest BCUT2D eigenvalue weighted by atomic mass is 35.5. The lowest BCUT2D eigenvalue weighted by molar-refractivity contribution is 0.529. The van der Waals surface area contributed by atoms with Gasteiger partial charge < -0.3 is 5.32 Å². The molecule has 0 fully saturated rings. The number of anilines is 1. The molecule has 0 amide bonds. The van der Waals surface area contributed by atoms with Crippen LogP contribution < -0.4 is 5.32 Å². The molecule has 5 nitrogen and oxygen atoms in total. The lowest BCUT2D eigenvalue weighted by Gasteiger charge is -2.12. The molecule has 2 aromatic rings. The van der Waals surface area contributed by atoms with Crippen LogP contribution in [-0.4, -0.2) is 19.6 Å². The highest BCUT2D eigenvalue weighted by Gasteiger charge is 2.09. The quantitative estimate of drug-likeness (QED) is 0.917. The van der Waals surface area contributed by atoms with Crippen LogP contribution in [0.15, 0.2) is 18.5 Å². The number of halogens is 1. The van der Waals surface area contributed by atoms with Crippen molar-refractivity contribution in [2.45, 2.75) is 53.2 Å². The maximum Gasteiger partial charge on any atom is 0.124 e. The second-order valence-corrected chi connectivity index (χ2v) is 5.42. The van der Waals surface area contributed by atoms with E-state index >= 15 is 0 Å². The second-order valence-electron chi connectivity index (χ2n) is 5.42. The summed E-state index contributed by atoms with van der Waals surface area (Å²) < 4.78 is 3.99. The van der Waals surface area contributed by atoms with E-state index in [4.69, 9.17) is 0 Å². The van der Waals surface area contributed by atoms with Crippen molar-refractivity contribution in [1.82, 2.24) is 19.6 Å². The molecule has 0 aromatic carbocycles. The molecule has 6 heteroatoms. The van der Waals surface area contributed by atoms with Gasteiger partial charge in [-0.05, 0) is 34.6 Å². The fourth-order valence-corrected chi connectivity index (χ4v) is 2.01. The van der Waals surface area contributed by atoms with Gasteiger partial charge in [0.25, 0.3) is 0 Å². The molecule has 0 atom stereocenters. The zero-order chi connectivity index (χ0) is 14.0. The molecular weight excluding hydrogens is 274 g/mol. The van der Waals surface area contributed by atoms with Crippen LogP contribution in [0.25, 0.3) is 0 Å². The molecule has 0 saturated heterocycles. The van der Waals surface area contributed by atoms with Crippen LogP contribution in [0.2, 0.25) is 0 Å². The molecule has 0 aliphatic carbocycles. The van der Waals surface area contributed by atoms with E-state index in [0.29, 0.717) is 12.1 Å². The largest absolute Gasteiger partial charge is 0.366 e. The molecule has 0 bridgehead atoms. The predicted octanol–water partition coefficient (Wildman–Crippen LogP) is 3.58. The highest BCUT2D eigenvalue weighted by Crippen LogP contribution is 2.16. The fourth-order valence-electron chi connectivity index (χ4n) is 2.01. The van der Waals surface area contributed by atoms with E-state index in [1.807, 2.05) is 21.6 Å². The summed E-state index contributed by atoms with van der Waals surface area (Å²) in [6, 6.07) is 2.76. The normalized spacial score (nSPS) is 10.9. The number of rotatable bonds is 5. The first-order valence-electron chi connectivity index (χ1n) is 6.81. The monoisotopic (exact) mass is 297 g/mol. The van der Waals surface area contributed by atoms with Gasteiger partial charge in [-0.15, -0.1) is 12.4 Å². The van der Waals surface area contributed by atoms with E-state index in [0.717, 1.165) is 18.1 Å². The van der Waals surface area contributed by atoms with E-state index < -0.39 is 0 Å². The minimum absolute atomic E-state index is 0. The van der Waals surface area contributed by atoms with Gasteiger partial charge in [-0.2, -0.15) is 10.2 Å². The Morgan fingerprint density at radius 1 is 1.20 bits per heavy atom. The van der Waals surface area contributed by atoms with E-state index in [9.17, 15) is 0 Å². The van der Waals surface area contributed by atoms with Gasteiger partial charge >= 0.3 is 0 Å². The Morgan fingerprint density at radius 2 is 1.90 bits per heavy atom. The van der Waals surface area contributed by atoms with Crippen molar-refractivity contribution >= 4 is 18.2 Å². The van der Waals surface area contributed by atoms with Gasteiger partial charge in [0.15, 0.2) is 0 Å². The molecule has 0 aliphatic heterocycles. The van der Waals surface area contributed by atoms with Crippen molar-refractivity contribution in [3.63, 3.8) is 0 Å². The van der Waals surface area contributed by atoms with Gasteiger partial charge in [-0.3, -0.25) is 4.68 Å². The molecule has 0 aliphatic rings. The molecule has 0 saturated carbocycles. The first-order valence-corrected chi connectivity index (χ1v) is 6.81. The summed E-state index contributed by atoms with van der Waals surface area (Å²) in [5.74, 6) is 1.05. The number of hydrogen-bond donors (Lipinski definition) is 1. The minimum atomic E-state index is 0. The summed E-state index contributed by atoms with van der Waals surface area (Å²) in [5, 5.41) is 12.3. The SMILES string of the molecule is Cc1nn(C(C)C)cc1CNc1ccnn1C(C)C.Cl. The number of aromatic nitrogens is 4. The van der Waals surface area contributed by atoms with Crippen LogP contribution in [-0.2, 0) is 6.54 Å². The van der Waals surface area contributed by atoms with Crippen molar-refractivity contribution < 1.29 is 0 Å². The smallest absolute Gasteiger partial charge is 0.124 e. The summed E-state index contributed by atoms with van der Waals surface area (Å²) in [4.78, 5) is 0. The van der Waals surface area contributed by atoms with Crippen LogP contribution in [0.4, 0.5) is 5.82 Å². The number of nitrogens with zero attached hydrogens (tertiary/aromatic N) is 4. The zero-order valence-corrected chi connectivity index (χ0v) is 13.6. The molecule has 1 N–H and O–H groups in total. The van der Waals surface area contributed by atoms with Gasteiger partial charge in [-0.1, -0.05) is 0 Å². The molecule has 0 radical (unpaired) electrons. The van der Waals surface area contributed by atoms with Crippen LogP contribution in [0, 0.1) is 6.92 Å². The zero-order valence-electron chi connectivity index (χ0n) is 12.8. The van der Waals surface area contributed by atoms with E-state index in [1.165, 1.54) is 5.56 Å². The third kappa shape index (κ3) is 3.54. The average molecular weight is 298 g/mol. The van der Waals surface area contributed by atoms with Crippen molar-refractivity contribution in [3.8, 4) is 0 Å². The third-order valence-corrected chi connectivity index (χ3v) is 3.17. The summed E-state index contributed by atoms with van der Waals surface area (Å²) in [7, 11) is 0. The van der Waals surface area contributed by atoms with Crippen molar-refractivity contribution in [2.24, 2.45) is 0 Å². The Bertz CT molecular complexity index is 542. The van der Waals surface area contributed by atoms with Crippen LogP contribution in [0.5, 0.6) is 0 Å². The predicted molar refractivity (Wildman–Crippen MR) is 84.5 cm³/mol. The van der Waals surface area contributed by atoms with E-state index in [2.05, 4.69) is 56.3 Å². The molecule has 20 heavy (non-hydrogen) atoms. The highest BCUT2D eigenvalue weighted by molar-refractivity contribution is 5.85. The van der Waals surface area contributed by atoms with E-state index in [-0.39, 0.29) is 12.4 Å². The number of nitrogens with one attached hydrogen (secondary N) is 1. The third-order valence-electron chi connectivity index (χ3n) is 3.17. The second kappa shape index (κ2) is 6.79. The minimum Gasteiger partial charge on any atom is -0.366 e. The maximum atomic E-state index is 4.52. The Hall–Kier alpha value is -1.49. The molecule has 112 valence electrons. The Balaban J connectivity index is 0.00000200. The first kappa shape index (κ1) is 16.6. The lowest BCUT2D eigenvalue weighted by atomic mass is 10.2. The van der Waals surface area contributed by atoms with Gasteiger partial charge in [0.05, 0.1) is 11.9 Å². The molecule has 2 aromatic heterocycles. The van der Waals surface area contributed by atoms with Gasteiger partial charge in [-0.25, -0.2) is 4.68 Å². The lowest BCUT2D eigenvalue weighted by Crippen LogP contribution is -2.10. The van der Waals surface area contributed by atoms with Crippen molar-refractivity contribution in [2.75, 3.05) is 5.32 Å². The van der Waals surface area contributed by atoms with Crippen molar-refractivity contribution in [1.29, 1.82) is 0 Å². The van der Waals surface area contributed by atoms with Gasteiger partial charge in [0, 0.05) is 36.5 Å². The van der Waals surface area contributed by atoms with Crippen molar-refractivity contribution in [3.05, 3.63) is 29.7 Å². The molecule has 0 unspecified atom stereocenters. The Kier molecular flexibility index (Phi) is 5.62. The standard InChI is InChI=1S/C14H23N5.ClH/c1-10(2)18-9-13(12(5)17-18)8-15-14-6-7-16-19(14)11(3)4;/h6-7,9-11,15H,8H2,1-5H3;1H. The maximum absolute atomic E-state index is 4.52. The van der Waals surface area contributed by atoms with Gasteiger partial charge in [0.2, 0.25) is 0 Å². The average Bonchev–Trinajstić information content (AvgIpc) is 2.92. The topological polar surface area (TPSA) is 47.7 Å². The summed E-state index contributed by atoms with van der Waals surface area (Å²) in [5.41, 5.74) is 2.31. The van der Waals surface area contributed by atoms with E-state index in [1.54, 1.807) is 0 Å². The molecule has 2 heterocycles. The summed E-state index contributed by atoms with van der Waals surface area (Å²) in [6.45, 7) is 11.3. The summed E-state index contributed by atoms with van der Waals surface area (Å²) >= 11 is 0. The number of hydrogen-bond acceptors (Lipinski definition) is 3. The molecule has 0 spiro atoms.